The topological polar surface area (TPSA) is 105 Å². The number of benzene rings is 1. The number of hydrogen-bond donors (Lipinski definition) is 1. The van der Waals surface area contributed by atoms with Crippen LogP contribution in [0.1, 0.15) is 11.3 Å². The zero-order valence-electron chi connectivity index (χ0n) is 9.15. The number of hydrogen-bond acceptors (Lipinski definition) is 5. The average molecular weight is 244 g/mol. The molecule has 0 amide bonds. The molecule has 0 unspecified atom stereocenters. The Bertz CT molecular complexity index is 642. The van der Waals surface area contributed by atoms with E-state index in [1.165, 1.54) is 29.1 Å². The van der Waals surface area contributed by atoms with Crippen LogP contribution in [0.4, 0.5) is 5.69 Å². The maximum Gasteiger partial charge on any atom is 0.296 e. The molecule has 0 aliphatic rings. The molecule has 18 heavy (non-hydrogen) atoms. The van der Waals surface area contributed by atoms with Gasteiger partial charge in [0.1, 0.15) is 5.69 Å². The van der Waals surface area contributed by atoms with Gasteiger partial charge in [-0.2, -0.15) is 10.4 Å². The van der Waals surface area contributed by atoms with Crippen LogP contribution >= 0.6 is 0 Å². The summed E-state index contributed by atoms with van der Waals surface area (Å²) in [7, 11) is 0. The van der Waals surface area contributed by atoms with Crippen molar-refractivity contribution < 1.29 is 10.0 Å². The predicted octanol–water partition coefficient (Wildman–Crippen LogP) is 1.14. The summed E-state index contributed by atoms with van der Waals surface area (Å²) in [5.41, 5.74) is 0.661. The minimum Gasteiger partial charge on any atom is -0.390 e. The molecule has 1 aromatic heterocycles. The number of rotatable bonds is 3. The molecule has 0 fully saturated rings. The number of nitrogens with zero attached hydrogens (tertiary/aromatic N) is 4. The lowest BCUT2D eigenvalue weighted by Crippen LogP contribution is -2.02. The average Bonchev–Trinajstić information content (AvgIpc) is 2.86. The summed E-state index contributed by atoms with van der Waals surface area (Å²) in [6.45, 7) is -0.239. The predicted molar refractivity (Wildman–Crippen MR) is 60.9 cm³/mol. The molecule has 7 nitrogen and oxygen atoms in total. The number of aromatic nitrogens is 2. The molecule has 0 saturated heterocycles. The Hall–Kier alpha value is -2.72. The van der Waals surface area contributed by atoms with Crippen molar-refractivity contribution in [3.8, 4) is 11.8 Å². The summed E-state index contributed by atoms with van der Waals surface area (Å²) in [4.78, 5) is 10.4. The van der Waals surface area contributed by atoms with Gasteiger partial charge in [0.05, 0.1) is 28.9 Å². The van der Waals surface area contributed by atoms with Gasteiger partial charge in [0, 0.05) is 12.3 Å². The summed E-state index contributed by atoms with van der Waals surface area (Å²) >= 11 is 0. The molecule has 2 rings (SSSR count). The van der Waals surface area contributed by atoms with Crippen LogP contribution in [-0.2, 0) is 6.61 Å². The molecular weight excluding hydrogens is 236 g/mol. The highest BCUT2D eigenvalue weighted by Crippen LogP contribution is 2.23. The molecule has 2 aromatic rings. The number of aliphatic hydroxyl groups excluding tert-OH is 1. The fourth-order valence-electron chi connectivity index (χ4n) is 1.51. The maximum absolute atomic E-state index is 10.9. The van der Waals surface area contributed by atoms with Gasteiger partial charge in [-0.15, -0.1) is 0 Å². The number of nitriles is 1. The van der Waals surface area contributed by atoms with E-state index in [0.717, 1.165) is 0 Å². The van der Waals surface area contributed by atoms with Gasteiger partial charge < -0.3 is 5.11 Å². The Balaban J connectivity index is 2.56. The third-order valence-electron chi connectivity index (χ3n) is 2.35. The normalized spacial score (nSPS) is 10.0. The largest absolute Gasteiger partial charge is 0.390 e. The fraction of sp³-hybridized carbons (Fsp3) is 0.0909. The van der Waals surface area contributed by atoms with Crippen LogP contribution in [0, 0.1) is 21.4 Å². The summed E-state index contributed by atoms with van der Waals surface area (Å²) in [5.74, 6) is 0. The molecule has 0 spiro atoms. The minimum absolute atomic E-state index is 0.207. The second kappa shape index (κ2) is 4.65. The molecule has 0 aliphatic heterocycles. The van der Waals surface area contributed by atoms with Gasteiger partial charge >= 0.3 is 0 Å². The lowest BCUT2D eigenvalue weighted by Gasteiger charge is -2.02. The minimum atomic E-state index is -0.573. The van der Waals surface area contributed by atoms with E-state index >= 15 is 0 Å². The van der Waals surface area contributed by atoms with Gasteiger partial charge in [0.2, 0.25) is 0 Å². The first kappa shape index (κ1) is 11.8. The first-order valence-corrected chi connectivity index (χ1v) is 5.00. The zero-order chi connectivity index (χ0) is 13.1. The molecule has 0 radical (unpaired) electrons. The van der Waals surface area contributed by atoms with E-state index in [1.54, 1.807) is 6.07 Å². The lowest BCUT2D eigenvalue weighted by molar-refractivity contribution is -0.384. The van der Waals surface area contributed by atoms with Crippen LogP contribution in [0.2, 0.25) is 0 Å². The second-order valence-electron chi connectivity index (χ2n) is 3.48. The van der Waals surface area contributed by atoms with Crippen molar-refractivity contribution >= 4 is 5.69 Å². The Morgan fingerprint density at radius 3 is 2.83 bits per heavy atom. The van der Waals surface area contributed by atoms with Gasteiger partial charge in [-0.05, 0) is 18.2 Å². The molecule has 0 atom stereocenters. The van der Waals surface area contributed by atoms with Gasteiger partial charge in [0.25, 0.3) is 5.69 Å². The van der Waals surface area contributed by atoms with Crippen LogP contribution in [0.15, 0.2) is 30.5 Å². The molecule has 0 aliphatic carbocycles. The highest BCUT2D eigenvalue weighted by atomic mass is 16.6. The van der Waals surface area contributed by atoms with Crippen LogP contribution in [0.25, 0.3) is 5.69 Å². The molecule has 1 heterocycles. The van der Waals surface area contributed by atoms with Crippen molar-refractivity contribution in [2.75, 3.05) is 0 Å². The summed E-state index contributed by atoms with van der Waals surface area (Å²) < 4.78 is 1.30. The smallest absolute Gasteiger partial charge is 0.296 e. The monoisotopic (exact) mass is 244 g/mol. The van der Waals surface area contributed by atoms with E-state index in [9.17, 15) is 10.1 Å². The van der Waals surface area contributed by atoms with Gasteiger partial charge in [-0.3, -0.25) is 10.1 Å². The van der Waals surface area contributed by atoms with Crippen LogP contribution < -0.4 is 0 Å². The second-order valence-corrected chi connectivity index (χ2v) is 3.48. The molecule has 0 bridgehead atoms. The first-order valence-electron chi connectivity index (χ1n) is 5.00. The van der Waals surface area contributed by atoms with Crippen molar-refractivity contribution in [3.05, 3.63) is 51.8 Å². The molecule has 0 saturated carbocycles. The van der Waals surface area contributed by atoms with Gasteiger partial charge in [-0.25, -0.2) is 4.68 Å². The number of nitro benzene ring substituents is 1. The highest BCUT2D eigenvalue weighted by Gasteiger charge is 2.17. The number of aliphatic hydroxyl groups is 1. The Morgan fingerprint density at radius 2 is 2.28 bits per heavy atom. The van der Waals surface area contributed by atoms with E-state index in [2.05, 4.69) is 5.10 Å². The Morgan fingerprint density at radius 1 is 1.50 bits per heavy atom. The lowest BCUT2D eigenvalue weighted by atomic mass is 10.2. The molecule has 90 valence electrons. The Labute approximate surface area is 102 Å². The molecule has 1 aromatic carbocycles. The maximum atomic E-state index is 10.9. The summed E-state index contributed by atoms with van der Waals surface area (Å²) in [6, 6.07) is 7.51. The van der Waals surface area contributed by atoms with Crippen LogP contribution in [0.5, 0.6) is 0 Å². The molecule has 7 heteroatoms. The van der Waals surface area contributed by atoms with Crippen molar-refractivity contribution in [3.63, 3.8) is 0 Å². The van der Waals surface area contributed by atoms with E-state index in [4.69, 9.17) is 10.4 Å². The SMILES string of the molecule is N#Cc1ccc(-n2ccc(CO)n2)c([N+](=O)[O-])c1. The van der Waals surface area contributed by atoms with E-state index < -0.39 is 4.92 Å². The standard InChI is InChI=1S/C11H8N4O3/c12-6-8-1-2-10(11(5-8)15(17)18)14-4-3-9(7-16)13-14/h1-5,16H,7H2. The van der Waals surface area contributed by atoms with E-state index in [-0.39, 0.29) is 23.5 Å². The van der Waals surface area contributed by atoms with Crippen molar-refractivity contribution in [2.45, 2.75) is 6.61 Å². The molecular formula is C11H8N4O3. The zero-order valence-corrected chi connectivity index (χ0v) is 9.15. The van der Waals surface area contributed by atoms with E-state index in [0.29, 0.717) is 5.69 Å². The van der Waals surface area contributed by atoms with Gasteiger partial charge in [-0.1, -0.05) is 0 Å². The van der Waals surface area contributed by atoms with Crippen molar-refractivity contribution in [1.29, 1.82) is 5.26 Å². The van der Waals surface area contributed by atoms with Crippen LogP contribution in [-0.4, -0.2) is 19.8 Å². The molecule has 1 N–H and O–H groups in total. The Kier molecular flexibility index (Phi) is 3.03. The van der Waals surface area contributed by atoms with Gasteiger partial charge in [0.15, 0.2) is 0 Å². The fourth-order valence-corrected chi connectivity index (χ4v) is 1.51. The third kappa shape index (κ3) is 2.05. The first-order chi connectivity index (χ1) is 8.65. The van der Waals surface area contributed by atoms with Crippen molar-refractivity contribution in [2.24, 2.45) is 0 Å². The highest BCUT2D eigenvalue weighted by molar-refractivity contribution is 5.56. The number of nitro groups is 1. The van der Waals surface area contributed by atoms with Crippen LogP contribution in [0.3, 0.4) is 0 Å². The van der Waals surface area contributed by atoms with Crippen molar-refractivity contribution in [1.82, 2.24) is 9.78 Å². The quantitative estimate of drug-likeness (QED) is 0.643. The summed E-state index contributed by atoms with van der Waals surface area (Å²) in [6.07, 6.45) is 1.51. The summed E-state index contributed by atoms with van der Waals surface area (Å²) in [5, 5.41) is 32.5. The van der Waals surface area contributed by atoms with E-state index in [1.807, 2.05) is 6.07 Å². The third-order valence-corrected chi connectivity index (χ3v) is 2.35.